The average Bonchev–Trinajstić information content (AvgIpc) is 3.24. The van der Waals surface area contributed by atoms with E-state index in [1.54, 1.807) is 6.21 Å². The molecule has 0 unspecified atom stereocenters. The minimum atomic E-state index is -0.845. The molecule has 55 heavy (non-hydrogen) atoms. The summed E-state index contributed by atoms with van der Waals surface area (Å²) in [7, 11) is 0. The molecule has 0 fully saturated rings. The number of hydroxylamine groups is 1. The van der Waals surface area contributed by atoms with Crippen molar-refractivity contribution >= 4 is 6.21 Å². The molecule has 6 rings (SSSR count). The highest BCUT2D eigenvalue weighted by atomic mass is 16.6. The van der Waals surface area contributed by atoms with Gasteiger partial charge in [-0.05, 0) is 27.8 Å². The molecule has 6 aromatic rings. The normalized spacial score (nSPS) is 13.9. The molecule has 0 aromatic heterocycles. The van der Waals surface area contributed by atoms with Gasteiger partial charge in [0.15, 0.2) is 18.9 Å². The van der Waals surface area contributed by atoms with Gasteiger partial charge < -0.3 is 28.9 Å². The fourth-order valence-corrected chi connectivity index (χ4v) is 6.18. The summed E-state index contributed by atoms with van der Waals surface area (Å²) in [5.74, 6) is 0. The van der Waals surface area contributed by atoms with E-state index in [4.69, 9.17) is 23.7 Å². The monoisotopic (exact) mass is 735 g/mol. The van der Waals surface area contributed by atoms with Crippen molar-refractivity contribution in [2.45, 2.75) is 64.0 Å². The highest BCUT2D eigenvalue weighted by molar-refractivity contribution is 5.59. The zero-order chi connectivity index (χ0) is 37.8. The van der Waals surface area contributed by atoms with Gasteiger partial charge in [-0.1, -0.05) is 182 Å². The molecule has 0 bridgehead atoms. The summed E-state index contributed by atoms with van der Waals surface area (Å²) < 4.78 is 34.6. The summed E-state index contributed by atoms with van der Waals surface area (Å²) in [6, 6.07) is 59.6. The fraction of sp³-hybridized carbons (Fsp3) is 0.229. The lowest BCUT2D eigenvalue weighted by Gasteiger charge is -2.36. The first-order valence-corrected chi connectivity index (χ1v) is 18.8. The molecule has 0 amide bonds. The Balaban J connectivity index is 1.39. The maximum atomic E-state index is 13.9. The summed E-state index contributed by atoms with van der Waals surface area (Å²) in [5.41, 5.74) is 5.86. The van der Waals surface area contributed by atoms with Crippen molar-refractivity contribution in [3.05, 3.63) is 221 Å². The van der Waals surface area contributed by atoms with Gasteiger partial charge >= 0.3 is 0 Å². The van der Waals surface area contributed by atoms with Crippen LogP contribution in [0.15, 0.2) is 182 Å². The first-order valence-electron chi connectivity index (χ1n) is 18.8. The Morgan fingerprint density at radius 2 is 0.745 bits per heavy atom. The van der Waals surface area contributed by atoms with E-state index in [0.29, 0.717) is 13.2 Å². The van der Waals surface area contributed by atoms with E-state index < -0.39 is 24.4 Å². The third kappa shape index (κ3) is 13.4. The minimum Gasteiger partial charge on any atom is -0.624 e. The molecule has 7 heteroatoms. The van der Waals surface area contributed by atoms with Crippen LogP contribution in [0.3, 0.4) is 0 Å². The number of hydrogen-bond acceptors (Lipinski definition) is 6. The third-order valence-corrected chi connectivity index (χ3v) is 9.06. The van der Waals surface area contributed by atoms with Gasteiger partial charge in [0, 0.05) is 5.56 Å². The van der Waals surface area contributed by atoms with Crippen molar-refractivity contribution in [1.29, 1.82) is 0 Å². The zero-order valence-corrected chi connectivity index (χ0v) is 31.1. The zero-order valence-electron chi connectivity index (χ0n) is 31.1. The first kappa shape index (κ1) is 39.3. The van der Waals surface area contributed by atoms with Gasteiger partial charge in [0.1, 0.15) is 18.3 Å². The van der Waals surface area contributed by atoms with Crippen LogP contribution in [0.4, 0.5) is 0 Å². The van der Waals surface area contributed by atoms with Crippen molar-refractivity contribution in [3.63, 3.8) is 0 Å². The second-order valence-corrected chi connectivity index (χ2v) is 13.3. The van der Waals surface area contributed by atoms with Gasteiger partial charge in [-0.25, -0.2) is 4.74 Å². The smallest absolute Gasteiger partial charge is 0.183 e. The van der Waals surface area contributed by atoms with Crippen molar-refractivity contribution in [3.8, 4) is 0 Å². The molecule has 0 aliphatic rings. The lowest BCUT2D eigenvalue weighted by Crippen LogP contribution is -2.52. The lowest BCUT2D eigenvalue weighted by atomic mass is 10.0. The van der Waals surface area contributed by atoms with E-state index in [2.05, 4.69) is 0 Å². The predicted octanol–water partition coefficient (Wildman–Crippen LogP) is 9.33. The molecule has 0 aliphatic heterocycles. The van der Waals surface area contributed by atoms with Crippen LogP contribution in [-0.2, 0) is 63.3 Å². The van der Waals surface area contributed by atoms with E-state index in [0.717, 1.165) is 38.1 Å². The summed E-state index contributed by atoms with van der Waals surface area (Å²) in [6.07, 6.45) is -1.45. The van der Waals surface area contributed by atoms with E-state index in [1.807, 2.05) is 182 Å². The van der Waals surface area contributed by atoms with E-state index in [9.17, 15) is 5.21 Å². The SMILES string of the molecule is [O-]/[N+](=C/[C@H](OCc1ccccc1)[C@@H](OCc1ccccc1)[C@H](OCc1ccccc1)[C@@H](COCc1ccccc1)OCc1ccccc1)Cc1ccccc1. The molecular formula is C48H49NO6. The van der Waals surface area contributed by atoms with Crippen molar-refractivity contribution < 1.29 is 28.4 Å². The Morgan fingerprint density at radius 1 is 0.400 bits per heavy atom. The van der Waals surface area contributed by atoms with Crippen LogP contribution in [0.25, 0.3) is 0 Å². The summed E-state index contributed by atoms with van der Waals surface area (Å²) in [4.78, 5) is 0. The van der Waals surface area contributed by atoms with Gasteiger partial charge in [0.05, 0.1) is 39.6 Å². The van der Waals surface area contributed by atoms with Gasteiger partial charge in [-0.15, -0.1) is 0 Å². The quantitative estimate of drug-likeness (QED) is 0.0300. The molecule has 6 aromatic carbocycles. The second kappa shape index (κ2) is 22.1. The number of rotatable bonds is 22. The van der Waals surface area contributed by atoms with Crippen LogP contribution in [0, 0.1) is 5.21 Å². The topological polar surface area (TPSA) is 72.2 Å². The number of nitrogens with zero attached hydrogens (tertiary/aromatic N) is 1. The Kier molecular flexibility index (Phi) is 15.8. The molecule has 0 spiro atoms. The largest absolute Gasteiger partial charge is 0.624 e. The summed E-state index contributed by atoms with van der Waals surface area (Å²) >= 11 is 0. The average molecular weight is 736 g/mol. The lowest BCUT2D eigenvalue weighted by molar-refractivity contribution is -0.473. The first-order chi connectivity index (χ1) is 27.2. The maximum Gasteiger partial charge on any atom is 0.183 e. The molecule has 0 saturated heterocycles. The Bertz CT molecular complexity index is 1930. The standard InChI is InChI=1S/C48H49NO6/c50-49(31-39-19-7-1-8-20-39)32-45(52-34-41-23-11-3-12-24-41)47(54-36-43-27-15-5-16-28-43)48(55-37-44-29-17-6-18-30-44)46(53-35-42-25-13-4-14-26-42)38-51-33-40-21-9-2-10-22-40/h1-30,32,45-48H,31,33-38H2/b49-32+/t45-,46+,47+,48+/m0/s1. The van der Waals surface area contributed by atoms with Gasteiger partial charge in [-0.3, -0.25) is 0 Å². The van der Waals surface area contributed by atoms with Crippen LogP contribution < -0.4 is 0 Å². The summed E-state index contributed by atoms with van der Waals surface area (Å²) in [5, 5.41) is 13.9. The van der Waals surface area contributed by atoms with Gasteiger partial charge in [0.2, 0.25) is 0 Å². The van der Waals surface area contributed by atoms with Gasteiger partial charge in [-0.2, -0.15) is 0 Å². The minimum absolute atomic E-state index is 0.140. The molecule has 282 valence electrons. The van der Waals surface area contributed by atoms with Crippen molar-refractivity contribution in [2.75, 3.05) is 6.61 Å². The molecule has 0 N–H and O–H groups in total. The number of ether oxygens (including phenoxy) is 5. The Morgan fingerprint density at radius 3 is 1.18 bits per heavy atom. The van der Waals surface area contributed by atoms with Crippen LogP contribution in [0.1, 0.15) is 33.4 Å². The molecule has 7 nitrogen and oxygen atoms in total. The maximum absolute atomic E-state index is 13.9. The van der Waals surface area contributed by atoms with Crippen LogP contribution >= 0.6 is 0 Å². The van der Waals surface area contributed by atoms with Crippen LogP contribution in [0.5, 0.6) is 0 Å². The van der Waals surface area contributed by atoms with Gasteiger partial charge in [0.25, 0.3) is 0 Å². The van der Waals surface area contributed by atoms with Crippen molar-refractivity contribution in [2.24, 2.45) is 0 Å². The van der Waals surface area contributed by atoms with Crippen molar-refractivity contribution in [1.82, 2.24) is 0 Å². The predicted molar refractivity (Wildman–Crippen MR) is 216 cm³/mol. The molecule has 0 radical (unpaired) electrons. The molecule has 0 heterocycles. The van der Waals surface area contributed by atoms with E-state index in [1.165, 1.54) is 0 Å². The van der Waals surface area contributed by atoms with Crippen LogP contribution in [0.2, 0.25) is 0 Å². The molecule has 4 atom stereocenters. The third-order valence-electron chi connectivity index (χ3n) is 9.06. The summed E-state index contributed by atoms with van der Waals surface area (Å²) in [6.45, 7) is 1.82. The Hall–Kier alpha value is -5.41. The van der Waals surface area contributed by atoms with E-state index in [-0.39, 0.29) is 33.0 Å². The number of benzene rings is 6. The molecule has 0 aliphatic carbocycles. The molecular weight excluding hydrogens is 687 g/mol. The highest BCUT2D eigenvalue weighted by Gasteiger charge is 2.40. The Labute approximate surface area is 325 Å². The second-order valence-electron chi connectivity index (χ2n) is 13.3. The highest BCUT2D eigenvalue weighted by Crippen LogP contribution is 2.24. The number of hydrogen-bond donors (Lipinski definition) is 0. The van der Waals surface area contributed by atoms with Crippen LogP contribution in [-0.4, -0.2) is 42.0 Å². The molecule has 0 saturated carbocycles. The van der Waals surface area contributed by atoms with E-state index >= 15 is 0 Å². The fourth-order valence-electron chi connectivity index (χ4n) is 6.18.